The number of nitrogens with zero attached hydrogens (tertiary/aromatic N) is 2. The van der Waals surface area contributed by atoms with Gasteiger partial charge in [-0.2, -0.15) is 0 Å². The van der Waals surface area contributed by atoms with Gasteiger partial charge < -0.3 is 4.74 Å². The van der Waals surface area contributed by atoms with Crippen LogP contribution in [0.2, 0.25) is 0 Å². The third-order valence-electron chi connectivity index (χ3n) is 4.96. The first-order chi connectivity index (χ1) is 13.8. The fourth-order valence-corrected chi connectivity index (χ4v) is 3.31. The average molecular weight is 383 g/mol. The number of unbranched alkanes of at least 4 members (excludes halogenated alkanes) is 10. The molecule has 152 valence electrons. The SMILES string of the molecule is CCCCCCCCCCCCCOC(=O)c1cncnc1-c1ccccc1. The number of benzene rings is 1. The lowest BCUT2D eigenvalue weighted by Gasteiger charge is -2.08. The summed E-state index contributed by atoms with van der Waals surface area (Å²) < 4.78 is 5.45. The van der Waals surface area contributed by atoms with Crippen LogP contribution < -0.4 is 0 Å². The minimum atomic E-state index is -0.341. The molecule has 0 radical (unpaired) electrons. The predicted octanol–water partition coefficient (Wildman–Crippen LogP) is 6.61. The fourth-order valence-electron chi connectivity index (χ4n) is 3.31. The van der Waals surface area contributed by atoms with Gasteiger partial charge >= 0.3 is 5.97 Å². The summed E-state index contributed by atoms with van der Waals surface area (Å²) in [7, 11) is 0. The third-order valence-corrected chi connectivity index (χ3v) is 4.96. The molecule has 1 heterocycles. The molecule has 0 fully saturated rings. The van der Waals surface area contributed by atoms with Crippen molar-refractivity contribution in [2.45, 2.75) is 77.6 Å². The molecule has 4 heteroatoms. The van der Waals surface area contributed by atoms with Gasteiger partial charge in [-0.15, -0.1) is 0 Å². The van der Waals surface area contributed by atoms with E-state index < -0.39 is 0 Å². The molecule has 0 aliphatic rings. The highest BCUT2D eigenvalue weighted by molar-refractivity contribution is 5.95. The molecular formula is C24H34N2O2. The van der Waals surface area contributed by atoms with E-state index in [1.54, 1.807) is 0 Å². The van der Waals surface area contributed by atoms with Crippen molar-refractivity contribution < 1.29 is 9.53 Å². The Morgan fingerprint density at radius 2 is 1.46 bits per heavy atom. The Labute approximate surface area is 169 Å². The molecule has 0 aliphatic carbocycles. The van der Waals surface area contributed by atoms with Crippen molar-refractivity contribution in [1.29, 1.82) is 0 Å². The maximum atomic E-state index is 12.4. The van der Waals surface area contributed by atoms with Gasteiger partial charge in [-0.1, -0.05) is 101 Å². The summed E-state index contributed by atoms with van der Waals surface area (Å²) in [5.74, 6) is -0.341. The first kappa shape index (κ1) is 22.1. The number of carbonyl (C=O) groups is 1. The summed E-state index contributed by atoms with van der Waals surface area (Å²) in [6.45, 7) is 2.71. The summed E-state index contributed by atoms with van der Waals surface area (Å²) in [6, 6.07) is 9.66. The maximum absolute atomic E-state index is 12.4. The number of carbonyl (C=O) groups excluding carboxylic acids is 1. The van der Waals surface area contributed by atoms with E-state index in [1.165, 1.54) is 70.3 Å². The van der Waals surface area contributed by atoms with Crippen molar-refractivity contribution in [1.82, 2.24) is 9.97 Å². The quantitative estimate of drug-likeness (QED) is 0.272. The topological polar surface area (TPSA) is 52.1 Å². The van der Waals surface area contributed by atoms with Gasteiger partial charge in [-0.3, -0.25) is 0 Å². The molecule has 28 heavy (non-hydrogen) atoms. The van der Waals surface area contributed by atoms with Crippen molar-refractivity contribution in [2.24, 2.45) is 0 Å². The molecular weight excluding hydrogens is 348 g/mol. The molecule has 0 atom stereocenters. The van der Waals surface area contributed by atoms with Crippen LogP contribution in [-0.4, -0.2) is 22.5 Å². The highest BCUT2D eigenvalue weighted by Gasteiger charge is 2.15. The molecule has 2 rings (SSSR count). The van der Waals surface area contributed by atoms with Crippen LogP contribution in [0.25, 0.3) is 11.3 Å². The van der Waals surface area contributed by atoms with E-state index in [0.29, 0.717) is 17.9 Å². The summed E-state index contributed by atoms with van der Waals surface area (Å²) in [6.07, 6.45) is 17.1. The summed E-state index contributed by atoms with van der Waals surface area (Å²) in [4.78, 5) is 20.7. The minimum absolute atomic E-state index is 0.341. The van der Waals surface area contributed by atoms with Crippen molar-refractivity contribution in [3.05, 3.63) is 48.4 Å². The Bertz CT molecular complexity index is 673. The molecule has 0 bridgehead atoms. The van der Waals surface area contributed by atoms with E-state index >= 15 is 0 Å². The Balaban J connectivity index is 1.60. The maximum Gasteiger partial charge on any atom is 0.341 e. The smallest absolute Gasteiger partial charge is 0.341 e. The van der Waals surface area contributed by atoms with Crippen molar-refractivity contribution >= 4 is 5.97 Å². The zero-order valence-corrected chi connectivity index (χ0v) is 17.2. The molecule has 0 saturated heterocycles. The zero-order valence-electron chi connectivity index (χ0n) is 17.2. The van der Waals surface area contributed by atoms with E-state index in [2.05, 4.69) is 16.9 Å². The first-order valence-corrected chi connectivity index (χ1v) is 10.9. The van der Waals surface area contributed by atoms with Gasteiger partial charge in [0.05, 0.1) is 12.3 Å². The number of aromatic nitrogens is 2. The molecule has 1 aromatic carbocycles. The number of esters is 1. The van der Waals surface area contributed by atoms with Crippen LogP contribution in [0.1, 0.15) is 87.9 Å². The third kappa shape index (κ3) is 8.20. The van der Waals surface area contributed by atoms with Gasteiger partial charge in [0.15, 0.2) is 0 Å². The van der Waals surface area contributed by atoms with Crippen LogP contribution in [0.3, 0.4) is 0 Å². The van der Waals surface area contributed by atoms with Crippen molar-refractivity contribution in [2.75, 3.05) is 6.61 Å². The number of hydrogen-bond donors (Lipinski definition) is 0. The lowest BCUT2D eigenvalue weighted by molar-refractivity contribution is 0.0497. The fraction of sp³-hybridized carbons (Fsp3) is 0.542. The van der Waals surface area contributed by atoms with Gasteiger partial charge in [-0.05, 0) is 6.42 Å². The molecule has 0 unspecified atom stereocenters. The van der Waals surface area contributed by atoms with Gasteiger partial charge in [-0.25, -0.2) is 14.8 Å². The molecule has 0 aliphatic heterocycles. The molecule has 0 spiro atoms. The van der Waals surface area contributed by atoms with E-state index in [-0.39, 0.29) is 5.97 Å². The lowest BCUT2D eigenvalue weighted by Crippen LogP contribution is -2.09. The Hall–Kier alpha value is -2.23. The van der Waals surface area contributed by atoms with E-state index in [1.807, 2.05) is 30.3 Å². The van der Waals surface area contributed by atoms with Crippen LogP contribution in [0.5, 0.6) is 0 Å². The number of rotatable bonds is 14. The second kappa shape index (κ2) is 13.9. The van der Waals surface area contributed by atoms with Crippen LogP contribution in [-0.2, 0) is 4.74 Å². The van der Waals surface area contributed by atoms with Gasteiger partial charge in [0.25, 0.3) is 0 Å². The second-order valence-electron chi connectivity index (χ2n) is 7.32. The van der Waals surface area contributed by atoms with Crippen LogP contribution in [0.4, 0.5) is 0 Å². The summed E-state index contributed by atoms with van der Waals surface area (Å²) in [5, 5.41) is 0. The number of ether oxygens (including phenoxy) is 1. The predicted molar refractivity (Wildman–Crippen MR) is 114 cm³/mol. The van der Waals surface area contributed by atoms with Crippen LogP contribution in [0.15, 0.2) is 42.9 Å². The molecule has 0 amide bonds. The highest BCUT2D eigenvalue weighted by atomic mass is 16.5. The highest BCUT2D eigenvalue weighted by Crippen LogP contribution is 2.21. The molecule has 0 saturated carbocycles. The summed E-state index contributed by atoms with van der Waals surface area (Å²) >= 11 is 0. The Morgan fingerprint density at radius 1 is 0.857 bits per heavy atom. The first-order valence-electron chi connectivity index (χ1n) is 10.9. The zero-order chi connectivity index (χ0) is 19.9. The van der Waals surface area contributed by atoms with E-state index in [0.717, 1.165) is 18.4 Å². The molecule has 4 nitrogen and oxygen atoms in total. The number of hydrogen-bond acceptors (Lipinski definition) is 4. The Kier molecular flexibility index (Phi) is 10.9. The monoisotopic (exact) mass is 382 g/mol. The standard InChI is InChI=1S/C24H34N2O2/c1-2-3-4-5-6-7-8-9-10-11-15-18-28-24(27)22-19-25-20-26-23(22)21-16-13-12-14-17-21/h12-14,16-17,19-20H,2-11,15,18H2,1H3. The van der Waals surface area contributed by atoms with E-state index in [4.69, 9.17) is 4.74 Å². The average Bonchev–Trinajstić information content (AvgIpc) is 2.75. The normalized spacial score (nSPS) is 10.8. The van der Waals surface area contributed by atoms with Gasteiger partial charge in [0.1, 0.15) is 11.9 Å². The van der Waals surface area contributed by atoms with Gasteiger partial charge in [0, 0.05) is 11.8 Å². The summed E-state index contributed by atoms with van der Waals surface area (Å²) in [5.41, 5.74) is 1.95. The van der Waals surface area contributed by atoms with E-state index in [9.17, 15) is 4.79 Å². The van der Waals surface area contributed by atoms with Gasteiger partial charge in [0.2, 0.25) is 0 Å². The minimum Gasteiger partial charge on any atom is -0.462 e. The lowest BCUT2D eigenvalue weighted by atomic mass is 10.1. The van der Waals surface area contributed by atoms with Crippen molar-refractivity contribution in [3.8, 4) is 11.3 Å². The van der Waals surface area contributed by atoms with Crippen molar-refractivity contribution in [3.63, 3.8) is 0 Å². The molecule has 2 aromatic rings. The molecule has 1 aromatic heterocycles. The Morgan fingerprint density at radius 3 is 2.11 bits per heavy atom. The van der Waals surface area contributed by atoms with Crippen LogP contribution >= 0.6 is 0 Å². The second-order valence-corrected chi connectivity index (χ2v) is 7.32. The van der Waals surface area contributed by atoms with Crippen LogP contribution in [0, 0.1) is 0 Å². The molecule has 0 N–H and O–H groups in total. The largest absolute Gasteiger partial charge is 0.462 e.